The third kappa shape index (κ3) is 2.49. The zero-order chi connectivity index (χ0) is 14.9. The van der Waals surface area contributed by atoms with Crippen LogP contribution < -0.4 is 11.5 Å². The van der Waals surface area contributed by atoms with Crippen molar-refractivity contribution in [3.63, 3.8) is 0 Å². The van der Waals surface area contributed by atoms with Gasteiger partial charge in [0.15, 0.2) is 0 Å². The van der Waals surface area contributed by atoms with Crippen LogP contribution in [-0.2, 0) is 16.1 Å². The van der Waals surface area contributed by atoms with E-state index in [1.165, 1.54) is 11.8 Å². The molecule has 0 bridgehead atoms. The molecule has 1 heterocycles. The molecule has 0 aliphatic carbocycles. The van der Waals surface area contributed by atoms with Crippen LogP contribution >= 0.6 is 0 Å². The van der Waals surface area contributed by atoms with Crippen molar-refractivity contribution < 1.29 is 14.4 Å². The highest BCUT2D eigenvalue weighted by molar-refractivity contribution is 6.02. The summed E-state index contributed by atoms with van der Waals surface area (Å²) in [6, 6.07) is 4.31. The van der Waals surface area contributed by atoms with Gasteiger partial charge in [0.1, 0.15) is 11.8 Å². The maximum absolute atomic E-state index is 12.3. The molecule has 2 amide bonds. The fourth-order valence-electron chi connectivity index (χ4n) is 2.42. The van der Waals surface area contributed by atoms with Crippen LogP contribution in [0.15, 0.2) is 18.2 Å². The van der Waals surface area contributed by atoms with E-state index in [9.17, 15) is 14.4 Å². The third-order valence-electron chi connectivity index (χ3n) is 3.51. The van der Waals surface area contributed by atoms with Crippen LogP contribution in [0.4, 0.5) is 5.69 Å². The summed E-state index contributed by atoms with van der Waals surface area (Å²) in [6.07, 6.45) is 0.452. The van der Waals surface area contributed by atoms with Gasteiger partial charge in [-0.1, -0.05) is 6.07 Å². The number of ketones is 1. The number of primary amides is 1. The summed E-state index contributed by atoms with van der Waals surface area (Å²) in [5.74, 6) is -0.912. The van der Waals surface area contributed by atoms with Gasteiger partial charge in [-0.15, -0.1) is 0 Å². The van der Waals surface area contributed by atoms with E-state index in [4.69, 9.17) is 11.5 Å². The minimum absolute atomic E-state index is 0.0417. The Labute approximate surface area is 116 Å². The van der Waals surface area contributed by atoms with Gasteiger partial charge in [0.25, 0.3) is 5.91 Å². The second-order valence-corrected chi connectivity index (χ2v) is 4.97. The van der Waals surface area contributed by atoms with Gasteiger partial charge in [-0.3, -0.25) is 9.59 Å². The van der Waals surface area contributed by atoms with Gasteiger partial charge in [-0.05, 0) is 25.5 Å². The lowest BCUT2D eigenvalue weighted by molar-refractivity contribution is -0.123. The molecule has 6 nitrogen and oxygen atoms in total. The molecule has 1 aromatic rings. The van der Waals surface area contributed by atoms with Crippen LogP contribution in [-0.4, -0.2) is 28.5 Å². The van der Waals surface area contributed by atoms with E-state index in [-0.39, 0.29) is 31.1 Å². The molecule has 0 spiro atoms. The molecule has 20 heavy (non-hydrogen) atoms. The van der Waals surface area contributed by atoms with E-state index in [1.807, 2.05) is 0 Å². The van der Waals surface area contributed by atoms with Gasteiger partial charge in [-0.2, -0.15) is 0 Å². The summed E-state index contributed by atoms with van der Waals surface area (Å²) in [6.45, 7) is 1.70. The van der Waals surface area contributed by atoms with Gasteiger partial charge in [0.05, 0.1) is 0 Å². The predicted octanol–water partition coefficient (Wildman–Crippen LogP) is 0.448. The Morgan fingerprint density at radius 3 is 2.65 bits per heavy atom. The molecule has 0 fully saturated rings. The quantitative estimate of drug-likeness (QED) is 0.761. The molecule has 1 unspecified atom stereocenters. The molecular formula is C14H17N3O3. The zero-order valence-electron chi connectivity index (χ0n) is 11.3. The maximum Gasteiger partial charge on any atom is 0.255 e. The number of rotatable bonds is 5. The van der Waals surface area contributed by atoms with E-state index in [0.717, 1.165) is 0 Å². The topological polar surface area (TPSA) is 106 Å². The smallest absolute Gasteiger partial charge is 0.255 e. The monoisotopic (exact) mass is 275 g/mol. The molecule has 1 atom stereocenters. The van der Waals surface area contributed by atoms with Gasteiger partial charge in [0.2, 0.25) is 5.91 Å². The van der Waals surface area contributed by atoms with Crippen LogP contribution in [0.25, 0.3) is 0 Å². The van der Waals surface area contributed by atoms with E-state index >= 15 is 0 Å². The maximum atomic E-state index is 12.3. The summed E-state index contributed by atoms with van der Waals surface area (Å²) in [5.41, 5.74) is 12.9. The van der Waals surface area contributed by atoms with Crippen molar-refractivity contribution in [2.24, 2.45) is 5.73 Å². The highest BCUT2D eigenvalue weighted by Crippen LogP contribution is 2.29. The number of carbonyl (C=O) groups is 3. The first-order valence-electron chi connectivity index (χ1n) is 6.39. The molecule has 1 aliphatic heterocycles. The second kappa shape index (κ2) is 5.32. The largest absolute Gasteiger partial charge is 0.398 e. The molecule has 0 aromatic heterocycles. The highest BCUT2D eigenvalue weighted by atomic mass is 16.2. The van der Waals surface area contributed by atoms with Crippen molar-refractivity contribution in [2.45, 2.75) is 32.4 Å². The number of Topliss-reactive ketones (excluding diaryl/α,β-unsaturated/α-hetero) is 1. The van der Waals surface area contributed by atoms with Crippen LogP contribution in [0.2, 0.25) is 0 Å². The number of nitrogen functional groups attached to an aromatic ring is 1. The minimum Gasteiger partial charge on any atom is -0.398 e. The number of fused-ring (bicyclic) bond motifs is 1. The number of benzene rings is 1. The van der Waals surface area contributed by atoms with E-state index in [1.54, 1.807) is 18.2 Å². The van der Waals surface area contributed by atoms with Crippen LogP contribution in [0.5, 0.6) is 0 Å². The summed E-state index contributed by atoms with van der Waals surface area (Å²) in [4.78, 5) is 36.3. The van der Waals surface area contributed by atoms with Crippen molar-refractivity contribution in [1.82, 2.24) is 4.90 Å². The Hall–Kier alpha value is -2.37. The SMILES string of the molecule is CC(=O)CCC(C(N)=O)N1Cc2c(N)cccc2C1=O. The molecule has 0 saturated heterocycles. The normalized spacial score (nSPS) is 15.1. The van der Waals surface area contributed by atoms with E-state index in [0.29, 0.717) is 16.8 Å². The van der Waals surface area contributed by atoms with Crippen LogP contribution in [0, 0.1) is 0 Å². The number of anilines is 1. The van der Waals surface area contributed by atoms with Crippen LogP contribution in [0.3, 0.4) is 0 Å². The molecular weight excluding hydrogens is 258 g/mol. The molecule has 1 aliphatic rings. The summed E-state index contributed by atoms with van der Waals surface area (Å²) >= 11 is 0. The summed E-state index contributed by atoms with van der Waals surface area (Å²) < 4.78 is 0. The number of nitrogens with zero attached hydrogens (tertiary/aromatic N) is 1. The van der Waals surface area contributed by atoms with E-state index < -0.39 is 11.9 Å². The van der Waals surface area contributed by atoms with Crippen molar-refractivity contribution >= 4 is 23.3 Å². The molecule has 6 heteroatoms. The fourth-order valence-corrected chi connectivity index (χ4v) is 2.42. The van der Waals surface area contributed by atoms with Gasteiger partial charge in [-0.25, -0.2) is 0 Å². The Morgan fingerprint density at radius 2 is 2.10 bits per heavy atom. The van der Waals surface area contributed by atoms with Gasteiger partial charge in [0, 0.05) is 29.8 Å². The highest BCUT2D eigenvalue weighted by Gasteiger charge is 2.36. The van der Waals surface area contributed by atoms with Gasteiger partial charge >= 0.3 is 0 Å². The van der Waals surface area contributed by atoms with Crippen molar-refractivity contribution in [2.75, 3.05) is 5.73 Å². The van der Waals surface area contributed by atoms with Crippen molar-refractivity contribution in [3.8, 4) is 0 Å². The predicted molar refractivity (Wildman–Crippen MR) is 73.6 cm³/mol. The molecule has 4 N–H and O–H groups in total. The standard InChI is InChI=1S/C14H17N3O3/c1-8(18)5-6-12(13(16)19)17-7-10-9(14(17)20)3-2-4-11(10)15/h2-4,12H,5-7,15H2,1H3,(H2,16,19). The first-order chi connectivity index (χ1) is 9.41. The number of hydrogen-bond acceptors (Lipinski definition) is 4. The van der Waals surface area contributed by atoms with Gasteiger partial charge < -0.3 is 21.2 Å². The molecule has 0 radical (unpaired) electrons. The first kappa shape index (κ1) is 14.0. The second-order valence-electron chi connectivity index (χ2n) is 4.97. The molecule has 1 aromatic carbocycles. The summed E-state index contributed by atoms with van der Waals surface area (Å²) in [5, 5.41) is 0. The lowest BCUT2D eigenvalue weighted by Crippen LogP contribution is -2.45. The van der Waals surface area contributed by atoms with Crippen LogP contribution in [0.1, 0.15) is 35.7 Å². The lowest BCUT2D eigenvalue weighted by atomic mass is 10.1. The minimum atomic E-state index is -0.779. The average Bonchev–Trinajstić information content (AvgIpc) is 2.69. The van der Waals surface area contributed by atoms with E-state index in [2.05, 4.69) is 0 Å². The lowest BCUT2D eigenvalue weighted by Gasteiger charge is -2.24. The Morgan fingerprint density at radius 1 is 1.40 bits per heavy atom. The molecule has 0 saturated carbocycles. The Balaban J connectivity index is 2.25. The fraction of sp³-hybridized carbons (Fsp3) is 0.357. The summed E-state index contributed by atoms with van der Waals surface area (Å²) in [7, 11) is 0. The number of carbonyl (C=O) groups excluding carboxylic acids is 3. The number of hydrogen-bond donors (Lipinski definition) is 2. The zero-order valence-corrected chi connectivity index (χ0v) is 11.3. The first-order valence-corrected chi connectivity index (χ1v) is 6.39. The Bertz CT molecular complexity index is 583. The van der Waals surface area contributed by atoms with Crippen molar-refractivity contribution in [3.05, 3.63) is 29.3 Å². The Kier molecular flexibility index (Phi) is 3.74. The molecule has 2 rings (SSSR count). The number of nitrogens with two attached hydrogens (primary N) is 2. The third-order valence-corrected chi connectivity index (χ3v) is 3.51. The average molecular weight is 275 g/mol. The molecule has 106 valence electrons. The number of amides is 2. The van der Waals surface area contributed by atoms with Crippen molar-refractivity contribution in [1.29, 1.82) is 0 Å².